The number of aromatic nitrogens is 2. The molecule has 1 atom stereocenters. The van der Waals surface area contributed by atoms with Crippen molar-refractivity contribution in [2.75, 3.05) is 5.32 Å². The molecule has 6 nitrogen and oxygen atoms in total. The van der Waals surface area contributed by atoms with Gasteiger partial charge in [-0.2, -0.15) is 5.11 Å². The summed E-state index contributed by atoms with van der Waals surface area (Å²) < 4.78 is 0. The van der Waals surface area contributed by atoms with Crippen LogP contribution >= 0.6 is 0 Å². The van der Waals surface area contributed by atoms with Crippen molar-refractivity contribution < 1.29 is 5.11 Å². The fraction of sp³-hybridized carbons (Fsp3) is 0.200. The van der Waals surface area contributed by atoms with E-state index in [9.17, 15) is 5.11 Å². The molecular weight excluding hydrogens is 146 g/mol. The van der Waals surface area contributed by atoms with E-state index in [2.05, 4.69) is 20.3 Å². The summed E-state index contributed by atoms with van der Waals surface area (Å²) in [6, 6.07) is 0. The average molecular weight is 152 g/mol. The summed E-state index contributed by atoms with van der Waals surface area (Å²) in [6.45, 7) is 0. The van der Waals surface area contributed by atoms with E-state index >= 15 is 0 Å². The third-order valence-corrected chi connectivity index (χ3v) is 1.42. The van der Waals surface area contributed by atoms with Crippen molar-refractivity contribution in [3.8, 4) is 0 Å². The maximum atomic E-state index is 11.1. The minimum atomic E-state index is -1.17. The Morgan fingerprint density at radius 1 is 1.64 bits per heavy atom. The van der Waals surface area contributed by atoms with Crippen molar-refractivity contribution in [1.82, 2.24) is 9.97 Å². The molecule has 2 rings (SSSR count). The van der Waals surface area contributed by atoms with E-state index in [1.807, 2.05) is 0 Å². The van der Waals surface area contributed by atoms with Crippen LogP contribution in [0, 0.1) is 0 Å². The number of H-pyrrole nitrogens is 1. The highest BCUT2D eigenvalue weighted by Crippen LogP contribution is 2.23. The van der Waals surface area contributed by atoms with Crippen LogP contribution in [-0.4, -0.2) is 15.9 Å². The largest absolute Gasteiger partial charge is 0.370 e. The third kappa shape index (κ3) is 0.838. The molecule has 1 aromatic rings. The molecule has 4 N–H and O–H groups in total. The van der Waals surface area contributed by atoms with Crippen LogP contribution in [0.25, 0.3) is 0 Å². The van der Waals surface area contributed by atoms with Crippen LogP contribution in [0.15, 0.2) is 11.3 Å². The number of nitrogens with two attached hydrogens (primary N) is 1. The molecule has 6 heteroatoms. The van der Waals surface area contributed by atoms with Gasteiger partial charge in [-0.25, -0.2) is 9.98 Å². The zero-order chi connectivity index (χ0) is 7.84. The molecule has 0 amide bonds. The van der Waals surface area contributed by atoms with E-state index in [1.54, 1.807) is 0 Å². The Bertz CT molecular complexity index is 304. The Labute approximate surface area is 62.2 Å². The molecule has 1 radical (unpaired) electrons. The molecule has 1 unspecified atom stereocenters. The first-order valence-electron chi connectivity index (χ1n) is 3.07. The summed E-state index contributed by atoms with van der Waals surface area (Å²) >= 11 is 0. The summed E-state index contributed by atoms with van der Waals surface area (Å²) in [5, 5.41) is 13.7. The van der Waals surface area contributed by atoms with Gasteiger partial charge in [0.2, 0.25) is 6.23 Å². The highest BCUT2D eigenvalue weighted by Gasteiger charge is 2.20. The molecule has 1 aliphatic heterocycles. The number of nitrogens with one attached hydrogen (secondary N) is 2. The van der Waals surface area contributed by atoms with E-state index in [0.717, 1.165) is 0 Å². The molecule has 0 spiro atoms. The predicted molar refractivity (Wildman–Crippen MR) is 37.3 cm³/mol. The SMILES string of the molecule is NC1=NC([O])c2[nH]cnc2N1. The molecule has 1 aromatic heterocycles. The van der Waals surface area contributed by atoms with Gasteiger partial charge in [-0.3, -0.25) is 0 Å². The lowest BCUT2D eigenvalue weighted by molar-refractivity contribution is 0.0936. The van der Waals surface area contributed by atoms with Crippen molar-refractivity contribution in [2.45, 2.75) is 6.23 Å². The Kier molecular flexibility index (Phi) is 1.10. The number of imidazole rings is 1. The lowest BCUT2D eigenvalue weighted by Gasteiger charge is -2.12. The average Bonchev–Trinajstić information content (AvgIpc) is 2.34. The quantitative estimate of drug-likeness (QED) is 0.470. The fourth-order valence-corrected chi connectivity index (χ4v) is 0.937. The van der Waals surface area contributed by atoms with Crippen molar-refractivity contribution in [3.05, 3.63) is 12.0 Å². The van der Waals surface area contributed by atoms with Crippen LogP contribution < -0.4 is 11.1 Å². The van der Waals surface area contributed by atoms with Crippen LogP contribution in [0.2, 0.25) is 0 Å². The smallest absolute Gasteiger partial charge is 0.229 e. The molecule has 0 aromatic carbocycles. The maximum absolute atomic E-state index is 11.1. The first-order valence-corrected chi connectivity index (χ1v) is 3.07. The number of hydrogen-bond acceptors (Lipinski definition) is 4. The topological polar surface area (TPSA) is 99.0 Å². The van der Waals surface area contributed by atoms with Crippen LogP contribution in [0.5, 0.6) is 0 Å². The number of rotatable bonds is 0. The monoisotopic (exact) mass is 152 g/mol. The van der Waals surface area contributed by atoms with E-state index in [1.165, 1.54) is 6.33 Å². The van der Waals surface area contributed by atoms with Gasteiger partial charge < -0.3 is 16.0 Å². The minimum absolute atomic E-state index is 0.115. The molecule has 0 fully saturated rings. The molecule has 57 valence electrons. The lowest BCUT2D eigenvalue weighted by Crippen LogP contribution is -2.27. The number of guanidine groups is 1. The first-order chi connectivity index (χ1) is 5.27. The number of hydrogen-bond donors (Lipinski definition) is 3. The van der Waals surface area contributed by atoms with Gasteiger partial charge in [-0.05, 0) is 0 Å². The first kappa shape index (κ1) is 6.17. The molecular formula is C5H6N5O. The Balaban J connectivity index is 2.45. The van der Waals surface area contributed by atoms with Gasteiger partial charge in [0.1, 0.15) is 5.69 Å². The van der Waals surface area contributed by atoms with Crippen molar-refractivity contribution >= 4 is 11.8 Å². The van der Waals surface area contributed by atoms with Gasteiger partial charge in [0.05, 0.1) is 6.33 Å². The summed E-state index contributed by atoms with van der Waals surface area (Å²) in [4.78, 5) is 10.1. The van der Waals surface area contributed by atoms with Crippen molar-refractivity contribution in [1.29, 1.82) is 0 Å². The van der Waals surface area contributed by atoms with E-state index < -0.39 is 6.23 Å². The van der Waals surface area contributed by atoms with Crippen LogP contribution in [0.4, 0.5) is 5.82 Å². The standard InChI is InChI=1S/C5H6N5O/c6-5-9-3-2(4(11)10-5)7-1-8-3/h1,4H,(H,7,8)(H3,6,9,10). The van der Waals surface area contributed by atoms with E-state index in [4.69, 9.17) is 5.73 Å². The van der Waals surface area contributed by atoms with Crippen LogP contribution in [0.3, 0.4) is 0 Å². The molecule has 11 heavy (non-hydrogen) atoms. The normalized spacial score (nSPS) is 21.9. The Morgan fingerprint density at radius 2 is 2.45 bits per heavy atom. The second kappa shape index (κ2) is 1.96. The van der Waals surface area contributed by atoms with Crippen LogP contribution in [-0.2, 0) is 5.11 Å². The fourth-order valence-electron chi connectivity index (χ4n) is 0.937. The maximum Gasteiger partial charge on any atom is 0.229 e. The van der Waals surface area contributed by atoms with Crippen LogP contribution in [0.1, 0.15) is 11.9 Å². The van der Waals surface area contributed by atoms with Gasteiger partial charge >= 0.3 is 0 Å². The highest BCUT2D eigenvalue weighted by atomic mass is 16.3. The summed E-state index contributed by atoms with van der Waals surface area (Å²) in [5.41, 5.74) is 5.71. The zero-order valence-corrected chi connectivity index (χ0v) is 5.53. The number of aromatic amines is 1. The Hall–Kier alpha value is -1.56. The zero-order valence-electron chi connectivity index (χ0n) is 5.53. The van der Waals surface area contributed by atoms with Gasteiger partial charge in [-0.15, -0.1) is 0 Å². The van der Waals surface area contributed by atoms with Crippen molar-refractivity contribution in [2.24, 2.45) is 10.7 Å². The van der Waals surface area contributed by atoms with Crippen molar-refractivity contribution in [3.63, 3.8) is 0 Å². The summed E-state index contributed by atoms with van der Waals surface area (Å²) in [6.07, 6.45) is 0.255. The van der Waals surface area contributed by atoms with Gasteiger partial charge in [0.25, 0.3) is 0 Å². The van der Waals surface area contributed by atoms with Gasteiger partial charge in [0, 0.05) is 0 Å². The van der Waals surface area contributed by atoms with E-state index in [0.29, 0.717) is 11.5 Å². The second-order valence-corrected chi connectivity index (χ2v) is 2.16. The number of anilines is 1. The lowest BCUT2D eigenvalue weighted by atomic mass is 10.3. The molecule has 1 aliphatic rings. The number of fused-ring (bicyclic) bond motifs is 1. The highest BCUT2D eigenvalue weighted by molar-refractivity contribution is 5.93. The molecule has 0 aliphatic carbocycles. The van der Waals surface area contributed by atoms with E-state index in [-0.39, 0.29) is 5.96 Å². The third-order valence-electron chi connectivity index (χ3n) is 1.42. The number of nitrogens with zero attached hydrogens (tertiary/aromatic N) is 2. The Morgan fingerprint density at radius 3 is 3.27 bits per heavy atom. The second-order valence-electron chi connectivity index (χ2n) is 2.16. The minimum Gasteiger partial charge on any atom is -0.370 e. The predicted octanol–water partition coefficient (Wildman–Crippen LogP) is -0.421. The molecule has 0 saturated heterocycles. The van der Waals surface area contributed by atoms with Gasteiger partial charge in [0.15, 0.2) is 11.8 Å². The number of aliphatic imine (C=N–C) groups is 1. The van der Waals surface area contributed by atoms with Gasteiger partial charge in [-0.1, -0.05) is 0 Å². The molecule has 0 saturated carbocycles. The molecule has 2 heterocycles. The molecule has 0 bridgehead atoms. The summed E-state index contributed by atoms with van der Waals surface area (Å²) in [7, 11) is 0. The summed E-state index contributed by atoms with van der Waals surface area (Å²) in [5.74, 6) is 0.585.